The minimum atomic E-state index is -0.565. The molecular formula is C19H21N5O2. The fourth-order valence-corrected chi connectivity index (χ4v) is 2.76. The van der Waals surface area contributed by atoms with Gasteiger partial charge in [0, 0.05) is 0 Å². The molecule has 0 saturated carbocycles. The summed E-state index contributed by atoms with van der Waals surface area (Å²) in [6.45, 7) is 4.44. The SMILES string of the molecule is CCOc1ccccc1NC(=O)[C@@H](Cc1cccc(C)c1)c1nn[nH]n1. The van der Waals surface area contributed by atoms with E-state index in [0.29, 0.717) is 30.3 Å². The number of hydrogen-bond acceptors (Lipinski definition) is 5. The van der Waals surface area contributed by atoms with E-state index in [-0.39, 0.29) is 5.91 Å². The van der Waals surface area contributed by atoms with Crippen LogP contribution in [0.4, 0.5) is 5.69 Å². The lowest BCUT2D eigenvalue weighted by Crippen LogP contribution is -2.24. The van der Waals surface area contributed by atoms with Crippen LogP contribution in [0.1, 0.15) is 29.8 Å². The van der Waals surface area contributed by atoms with Crippen LogP contribution in [-0.2, 0) is 11.2 Å². The molecule has 0 fully saturated rings. The number of carbonyl (C=O) groups excluding carboxylic acids is 1. The van der Waals surface area contributed by atoms with Crippen LogP contribution in [0.3, 0.4) is 0 Å². The second-order valence-corrected chi connectivity index (χ2v) is 5.93. The van der Waals surface area contributed by atoms with E-state index in [4.69, 9.17) is 4.74 Å². The van der Waals surface area contributed by atoms with E-state index in [1.54, 1.807) is 0 Å². The van der Waals surface area contributed by atoms with Crippen LogP contribution in [0.15, 0.2) is 48.5 Å². The van der Waals surface area contributed by atoms with Crippen LogP contribution in [0, 0.1) is 6.92 Å². The first-order valence-corrected chi connectivity index (χ1v) is 8.49. The number of H-pyrrole nitrogens is 1. The van der Waals surface area contributed by atoms with Gasteiger partial charge in [-0.25, -0.2) is 0 Å². The molecule has 26 heavy (non-hydrogen) atoms. The molecule has 0 unspecified atom stereocenters. The van der Waals surface area contributed by atoms with Gasteiger partial charge in [0.1, 0.15) is 11.7 Å². The van der Waals surface area contributed by atoms with Gasteiger partial charge in [-0.05, 0) is 38.0 Å². The molecule has 2 aromatic carbocycles. The number of anilines is 1. The maximum absolute atomic E-state index is 13.0. The predicted octanol–water partition coefficient (Wildman–Crippen LogP) is 2.87. The maximum atomic E-state index is 13.0. The van der Waals surface area contributed by atoms with Crippen molar-refractivity contribution in [1.82, 2.24) is 20.6 Å². The summed E-state index contributed by atoms with van der Waals surface area (Å²) in [6.07, 6.45) is 0.476. The highest BCUT2D eigenvalue weighted by Crippen LogP contribution is 2.26. The summed E-state index contributed by atoms with van der Waals surface area (Å²) in [5.41, 5.74) is 2.79. The second kappa shape index (κ2) is 8.24. The van der Waals surface area contributed by atoms with Crippen LogP contribution in [0.2, 0.25) is 0 Å². The van der Waals surface area contributed by atoms with E-state index in [1.807, 2.05) is 56.3 Å². The molecular weight excluding hydrogens is 330 g/mol. The summed E-state index contributed by atoms with van der Waals surface area (Å²) in [5.74, 6) is 0.217. The molecule has 3 aromatic rings. The Morgan fingerprint density at radius 2 is 2.08 bits per heavy atom. The fraction of sp³-hybridized carbons (Fsp3) is 0.263. The first kappa shape index (κ1) is 17.6. The van der Waals surface area contributed by atoms with Crippen molar-refractivity contribution >= 4 is 11.6 Å². The zero-order chi connectivity index (χ0) is 18.4. The molecule has 3 rings (SSSR count). The van der Waals surface area contributed by atoms with Gasteiger partial charge >= 0.3 is 0 Å². The van der Waals surface area contributed by atoms with Gasteiger partial charge in [-0.1, -0.05) is 47.2 Å². The van der Waals surface area contributed by atoms with Crippen LogP contribution >= 0.6 is 0 Å². The Kier molecular flexibility index (Phi) is 5.58. The van der Waals surface area contributed by atoms with Gasteiger partial charge in [0.25, 0.3) is 0 Å². The predicted molar refractivity (Wildman–Crippen MR) is 98.0 cm³/mol. The van der Waals surface area contributed by atoms with E-state index in [2.05, 4.69) is 32.0 Å². The van der Waals surface area contributed by atoms with E-state index in [1.165, 1.54) is 0 Å². The van der Waals surface area contributed by atoms with Gasteiger partial charge in [-0.2, -0.15) is 5.21 Å². The summed E-state index contributed by atoms with van der Waals surface area (Å²) in [6, 6.07) is 15.4. The van der Waals surface area contributed by atoms with Gasteiger partial charge in [0.15, 0.2) is 5.82 Å². The molecule has 1 amide bonds. The van der Waals surface area contributed by atoms with E-state index < -0.39 is 5.92 Å². The maximum Gasteiger partial charge on any atom is 0.235 e. The topological polar surface area (TPSA) is 92.8 Å². The van der Waals surface area contributed by atoms with E-state index >= 15 is 0 Å². The molecule has 0 saturated heterocycles. The third kappa shape index (κ3) is 4.24. The third-order valence-corrected chi connectivity index (χ3v) is 3.96. The summed E-state index contributed by atoms with van der Waals surface area (Å²) in [4.78, 5) is 13.0. The molecule has 0 spiro atoms. The van der Waals surface area contributed by atoms with Gasteiger partial charge < -0.3 is 10.1 Å². The monoisotopic (exact) mass is 351 g/mol. The smallest absolute Gasteiger partial charge is 0.235 e. The van der Waals surface area contributed by atoms with Crippen molar-refractivity contribution in [2.45, 2.75) is 26.2 Å². The molecule has 0 aliphatic rings. The van der Waals surface area contributed by atoms with Crippen LogP contribution < -0.4 is 10.1 Å². The van der Waals surface area contributed by atoms with Crippen LogP contribution in [-0.4, -0.2) is 33.1 Å². The van der Waals surface area contributed by atoms with Crippen molar-refractivity contribution in [3.05, 3.63) is 65.5 Å². The van der Waals surface area contributed by atoms with Gasteiger partial charge in [-0.15, -0.1) is 10.2 Å². The number of rotatable bonds is 7. The molecule has 2 N–H and O–H groups in total. The summed E-state index contributed by atoms with van der Waals surface area (Å²) < 4.78 is 5.58. The van der Waals surface area contributed by atoms with Crippen molar-refractivity contribution < 1.29 is 9.53 Å². The van der Waals surface area contributed by atoms with E-state index in [0.717, 1.165) is 11.1 Å². The first-order valence-electron chi connectivity index (χ1n) is 8.49. The average molecular weight is 351 g/mol. The number of ether oxygens (including phenoxy) is 1. The van der Waals surface area contributed by atoms with Crippen molar-refractivity contribution in [2.75, 3.05) is 11.9 Å². The second-order valence-electron chi connectivity index (χ2n) is 5.93. The Labute approximate surface area is 151 Å². The molecule has 1 aromatic heterocycles. The Morgan fingerprint density at radius 1 is 1.23 bits per heavy atom. The van der Waals surface area contributed by atoms with Crippen molar-refractivity contribution in [1.29, 1.82) is 0 Å². The van der Waals surface area contributed by atoms with Crippen molar-refractivity contribution in [3.8, 4) is 5.75 Å². The molecule has 7 nitrogen and oxygen atoms in total. The van der Waals surface area contributed by atoms with Gasteiger partial charge in [-0.3, -0.25) is 4.79 Å². The number of amides is 1. The lowest BCUT2D eigenvalue weighted by atomic mass is 9.96. The summed E-state index contributed by atoms with van der Waals surface area (Å²) >= 11 is 0. The lowest BCUT2D eigenvalue weighted by molar-refractivity contribution is -0.117. The first-order chi connectivity index (χ1) is 12.7. The van der Waals surface area contributed by atoms with Gasteiger partial charge in [0.05, 0.1) is 12.3 Å². The Morgan fingerprint density at radius 3 is 2.81 bits per heavy atom. The quantitative estimate of drug-likeness (QED) is 0.683. The number of aromatic nitrogens is 4. The highest BCUT2D eigenvalue weighted by molar-refractivity contribution is 5.96. The molecule has 0 radical (unpaired) electrons. The molecule has 1 heterocycles. The minimum absolute atomic E-state index is 0.208. The van der Waals surface area contributed by atoms with E-state index in [9.17, 15) is 4.79 Å². The molecule has 7 heteroatoms. The lowest BCUT2D eigenvalue weighted by Gasteiger charge is -2.16. The minimum Gasteiger partial charge on any atom is -0.492 e. The normalized spacial score (nSPS) is 11.8. The number of hydrogen-bond donors (Lipinski definition) is 2. The number of carbonyl (C=O) groups is 1. The number of benzene rings is 2. The average Bonchev–Trinajstić information content (AvgIpc) is 3.16. The highest BCUT2D eigenvalue weighted by Gasteiger charge is 2.26. The zero-order valence-corrected chi connectivity index (χ0v) is 14.8. The highest BCUT2D eigenvalue weighted by atomic mass is 16.5. The van der Waals surface area contributed by atoms with Crippen LogP contribution in [0.25, 0.3) is 0 Å². The summed E-state index contributed by atoms with van der Waals surface area (Å²) in [7, 11) is 0. The number of nitrogens with one attached hydrogen (secondary N) is 2. The fourth-order valence-electron chi connectivity index (χ4n) is 2.76. The molecule has 134 valence electrons. The van der Waals surface area contributed by atoms with Crippen molar-refractivity contribution in [2.24, 2.45) is 0 Å². The molecule has 0 aliphatic heterocycles. The number of tetrazole rings is 1. The Hall–Kier alpha value is -3.22. The van der Waals surface area contributed by atoms with Gasteiger partial charge in [0.2, 0.25) is 5.91 Å². The zero-order valence-electron chi connectivity index (χ0n) is 14.8. The van der Waals surface area contributed by atoms with Crippen molar-refractivity contribution in [3.63, 3.8) is 0 Å². The standard InChI is InChI=1S/C19H21N5O2/c1-3-26-17-10-5-4-9-16(17)20-19(25)15(18-21-23-24-22-18)12-14-8-6-7-13(2)11-14/h4-11,15H,3,12H2,1-2H3,(H,20,25)(H,21,22,23,24)/t15-/m0/s1. The number of aryl methyl sites for hydroxylation is 1. The molecule has 0 bridgehead atoms. The van der Waals surface area contributed by atoms with Crippen LogP contribution in [0.5, 0.6) is 5.75 Å². The number of nitrogens with zero attached hydrogens (tertiary/aromatic N) is 3. The number of para-hydroxylation sites is 2. The molecule has 0 aliphatic carbocycles. The number of aromatic amines is 1. The largest absolute Gasteiger partial charge is 0.492 e. The third-order valence-electron chi connectivity index (χ3n) is 3.96. The Bertz CT molecular complexity index is 864. The summed E-state index contributed by atoms with van der Waals surface area (Å²) in [5, 5.41) is 17.0. The molecule has 1 atom stereocenters. The Balaban J connectivity index is 1.84.